The summed E-state index contributed by atoms with van der Waals surface area (Å²) in [5.41, 5.74) is 1.30. The number of hydrogen-bond donors (Lipinski definition) is 2. The molecule has 0 spiro atoms. The largest absolute Gasteiger partial charge is 0.507 e. The number of carboxylic acids is 1. The quantitative estimate of drug-likeness (QED) is 0.818. The zero-order chi connectivity index (χ0) is 12.2. The molecule has 4 nitrogen and oxygen atoms in total. The molecule has 0 saturated heterocycles. The van der Waals surface area contributed by atoms with Gasteiger partial charge in [0.1, 0.15) is 11.5 Å². The van der Waals surface area contributed by atoms with Gasteiger partial charge in [-0.25, -0.2) is 0 Å². The number of aliphatic carboxylic acids is 1. The number of phenolic OH excluding ortho intramolecular Hbond substituents is 1. The lowest BCUT2D eigenvalue weighted by atomic mass is 9.87. The van der Waals surface area contributed by atoms with Gasteiger partial charge in [0.15, 0.2) is 0 Å². The highest BCUT2D eigenvalue weighted by Crippen LogP contribution is 2.55. The van der Waals surface area contributed by atoms with Crippen LogP contribution in [-0.4, -0.2) is 22.8 Å². The number of phenols is 1. The van der Waals surface area contributed by atoms with Crippen LogP contribution in [0.1, 0.15) is 29.5 Å². The van der Waals surface area contributed by atoms with Gasteiger partial charge in [-0.05, 0) is 31.4 Å². The topological polar surface area (TPSA) is 66.8 Å². The van der Waals surface area contributed by atoms with Gasteiger partial charge >= 0.3 is 5.97 Å². The Morgan fingerprint density at radius 3 is 2.76 bits per heavy atom. The first-order valence-electron chi connectivity index (χ1n) is 5.78. The molecule has 1 aromatic carbocycles. The van der Waals surface area contributed by atoms with Crippen molar-refractivity contribution >= 4 is 5.97 Å². The van der Waals surface area contributed by atoms with Crippen LogP contribution in [-0.2, 0) is 16.6 Å². The molecule has 0 atom stereocenters. The summed E-state index contributed by atoms with van der Waals surface area (Å²) in [7, 11) is 0. The lowest BCUT2D eigenvalue weighted by Gasteiger charge is -2.17. The first kappa shape index (κ1) is 10.4. The minimum atomic E-state index is -0.867. The molecule has 0 amide bonds. The van der Waals surface area contributed by atoms with Crippen molar-refractivity contribution in [1.29, 1.82) is 0 Å². The minimum absolute atomic E-state index is 0.133. The Hall–Kier alpha value is -1.71. The van der Waals surface area contributed by atoms with E-state index in [1.54, 1.807) is 13.0 Å². The van der Waals surface area contributed by atoms with Crippen molar-refractivity contribution in [1.82, 2.24) is 0 Å². The summed E-state index contributed by atoms with van der Waals surface area (Å²) < 4.78 is 5.47. The van der Waals surface area contributed by atoms with Crippen LogP contribution >= 0.6 is 0 Å². The number of carboxylic acid groups (broad SMARTS) is 1. The average Bonchev–Trinajstić information content (AvgIpc) is 2.95. The number of fused-ring (bicyclic) bond motifs is 1. The van der Waals surface area contributed by atoms with Gasteiger partial charge in [0.2, 0.25) is 0 Å². The van der Waals surface area contributed by atoms with Gasteiger partial charge < -0.3 is 14.9 Å². The fraction of sp³-hybridized carbons (Fsp3) is 0.462. The van der Waals surface area contributed by atoms with Crippen LogP contribution in [0.25, 0.3) is 0 Å². The van der Waals surface area contributed by atoms with Gasteiger partial charge in [0, 0.05) is 17.5 Å². The molecule has 0 unspecified atom stereocenters. The summed E-state index contributed by atoms with van der Waals surface area (Å²) in [4.78, 5) is 11.4. The Labute approximate surface area is 98.8 Å². The summed E-state index contributed by atoms with van der Waals surface area (Å²) in [5, 5.41) is 19.5. The van der Waals surface area contributed by atoms with Crippen LogP contribution in [0.5, 0.6) is 11.5 Å². The van der Waals surface area contributed by atoms with Crippen LogP contribution in [0.4, 0.5) is 0 Å². The first-order valence-corrected chi connectivity index (χ1v) is 5.78. The highest BCUT2D eigenvalue weighted by atomic mass is 16.5. The Kier molecular flexibility index (Phi) is 1.94. The van der Waals surface area contributed by atoms with E-state index in [0.717, 1.165) is 11.3 Å². The molecular weight excluding hydrogens is 220 g/mol. The Morgan fingerprint density at radius 1 is 1.47 bits per heavy atom. The number of aryl methyl sites for hydroxylation is 1. The maximum absolute atomic E-state index is 11.4. The van der Waals surface area contributed by atoms with E-state index in [1.807, 2.05) is 0 Å². The standard InChI is InChI=1S/C13H14O4/c1-7-6-9-8(2-5-17-9)10(11(7)14)13(3-4-13)12(15)16/h6,14H,2-5H2,1H3,(H,15,16). The van der Waals surface area contributed by atoms with E-state index in [-0.39, 0.29) is 5.75 Å². The van der Waals surface area contributed by atoms with Gasteiger partial charge in [-0.2, -0.15) is 0 Å². The Bertz CT molecular complexity index is 515. The van der Waals surface area contributed by atoms with E-state index < -0.39 is 11.4 Å². The second kappa shape index (κ2) is 3.15. The number of aromatic hydroxyl groups is 1. The molecule has 3 rings (SSSR count). The number of rotatable bonds is 2. The van der Waals surface area contributed by atoms with E-state index in [2.05, 4.69) is 0 Å². The fourth-order valence-corrected chi connectivity index (χ4v) is 2.67. The zero-order valence-electron chi connectivity index (χ0n) is 9.62. The first-order chi connectivity index (χ1) is 8.06. The van der Waals surface area contributed by atoms with E-state index >= 15 is 0 Å². The van der Waals surface area contributed by atoms with Crippen molar-refractivity contribution in [2.45, 2.75) is 31.6 Å². The third kappa shape index (κ3) is 1.27. The van der Waals surface area contributed by atoms with Crippen molar-refractivity contribution in [2.24, 2.45) is 0 Å². The van der Waals surface area contributed by atoms with Gasteiger partial charge in [-0.3, -0.25) is 4.79 Å². The van der Waals surface area contributed by atoms with Crippen LogP contribution in [0, 0.1) is 6.92 Å². The number of benzene rings is 1. The molecule has 0 radical (unpaired) electrons. The number of carbonyl (C=O) groups is 1. The van der Waals surface area contributed by atoms with Crippen LogP contribution < -0.4 is 4.74 Å². The maximum Gasteiger partial charge on any atom is 0.314 e. The molecule has 17 heavy (non-hydrogen) atoms. The molecule has 1 aliphatic heterocycles. The Balaban J connectivity index is 2.26. The lowest BCUT2D eigenvalue weighted by Crippen LogP contribution is -2.21. The van der Waals surface area contributed by atoms with Crippen molar-refractivity contribution in [2.75, 3.05) is 6.61 Å². The van der Waals surface area contributed by atoms with Crippen LogP contribution in [0.3, 0.4) is 0 Å². The molecule has 1 aromatic rings. The molecule has 90 valence electrons. The predicted molar refractivity (Wildman–Crippen MR) is 60.6 cm³/mol. The van der Waals surface area contributed by atoms with E-state index in [4.69, 9.17) is 4.74 Å². The van der Waals surface area contributed by atoms with Crippen LogP contribution in [0.15, 0.2) is 6.07 Å². The maximum atomic E-state index is 11.4. The molecule has 1 fully saturated rings. The van der Waals surface area contributed by atoms with E-state index in [0.29, 0.717) is 37.0 Å². The van der Waals surface area contributed by atoms with Gasteiger partial charge in [0.25, 0.3) is 0 Å². The molecule has 0 aromatic heterocycles. The fourth-order valence-electron chi connectivity index (χ4n) is 2.67. The van der Waals surface area contributed by atoms with Crippen molar-refractivity contribution < 1.29 is 19.7 Å². The highest BCUT2D eigenvalue weighted by Gasteiger charge is 2.55. The molecule has 4 heteroatoms. The monoisotopic (exact) mass is 234 g/mol. The predicted octanol–water partition coefficient (Wildman–Crippen LogP) is 1.75. The van der Waals surface area contributed by atoms with E-state index in [9.17, 15) is 15.0 Å². The summed E-state index contributed by atoms with van der Waals surface area (Å²) in [6, 6.07) is 1.79. The molecular formula is C13H14O4. The Morgan fingerprint density at radius 2 is 2.18 bits per heavy atom. The van der Waals surface area contributed by atoms with Crippen LogP contribution in [0.2, 0.25) is 0 Å². The number of ether oxygens (including phenoxy) is 1. The molecule has 1 aliphatic carbocycles. The van der Waals surface area contributed by atoms with Gasteiger partial charge in [-0.1, -0.05) is 0 Å². The van der Waals surface area contributed by atoms with Gasteiger partial charge in [0.05, 0.1) is 12.0 Å². The lowest BCUT2D eigenvalue weighted by molar-refractivity contribution is -0.140. The van der Waals surface area contributed by atoms with Crippen molar-refractivity contribution in [3.8, 4) is 11.5 Å². The normalized spacial score (nSPS) is 19.6. The van der Waals surface area contributed by atoms with Crippen molar-refractivity contribution in [3.63, 3.8) is 0 Å². The van der Waals surface area contributed by atoms with Crippen molar-refractivity contribution in [3.05, 3.63) is 22.8 Å². The highest BCUT2D eigenvalue weighted by molar-refractivity contribution is 5.87. The minimum Gasteiger partial charge on any atom is -0.507 e. The second-order valence-corrected chi connectivity index (χ2v) is 4.88. The third-order valence-corrected chi connectivity index (χ3v) is 3.80. The average molecular weight is 234 g/mol. The molecule has 0 bridgehead atoms. The summed E-state index contributed by atoms with van der Waals surface area (Å²) in [5.74, 6) is 0.0319. The molecule has 1 saturated carbocycles. The molecule has 1 heterocycles. The zero-order valence-corrected chi connectivity index (χ0v) is 9.62. The number of hydrogen-bond acceptors (Lipinski definition) is 3. The third-order valence-electron chi connectivity index (χ3n) is 3.80. The SMILES string of the molecule is Cc1cc2c(c(C3(C(=O)O)CC3)c1O)CCO2. The second-order valence-electron chi connectivity index (χ2n) is 4.88. The summed E-state index contributed by atoms with van der Waals surface area (Å²) in [6.07, 6.45) is 1.89. The molecule has 2 N–H and O–H groups in total. The van der Waals surface area contributed by atoms with Gasteiger partial charge in [-0.15, -0.1) is 0 Å². The summed E-state index contributed by atoms with van der Waals surface area (Å²) >= 11 is 0. The molecule has 2 aliphatic rings. The van der Waals surface area contributed by atoms with E-state index in [1.165, 1.54) is 0 Å². The smallest absolute Gasteiger partial charge is 0.314 e. The summed E-state index contributed by atoms with van der Waals surface area (Å²) in [6.45, 7) is 2.35.